The quantitative estimate of drug-likeness (QED) is 0.535. The van der Waals surface area contributed by atoms with E-state index < -0.39 is 0 Å². The van der Waals surface area contributed by atoms with Crippen molar-refractivity contribution in [2.24, 2.45) is 5.92 Å². The van der Waals surface area contributed by atoms with Crippen molar-refractivity contribution >= 4 is 0 Å². The van der Waals surface area contributed by atoms with Crippen LogP contribution in [0.4, 0.5) is 0 Å². The summed E-state index contributed by atoms with van der Waals surface area (Å²) in [5.41, 5.74) is 1.12. The Labute approximate surface area is 104 Å². The number of hydrogen-bond donors (Lipinski definition) is 0. The minimum Gasteiger partial charge on any atom is -0.497 e. The molecule has 2 atom stereocenters. The fourth-order valence-electron chi connectivity index (χ4n) is 1.63. The molecule has 1 aromatic rings. The van der Waals surface area contributed by atoms with Crippen LogP contribution < -0.4 is 4.74 Å². The fraction of sp³-hybridized carbons (Fsp3) is 0.571. The maximum Gasteiger partial charge on any atom is 0.120 e. The summed E-state index contributed by atoms with van der Waals surface area (Å²) in [6.07, 6.45) is 1.02. The van der Waals surface area contributed by atoms with Crippen molar-refractivity contribution in [3.63, 3.8) is 0 Å². The maximum atomic E-state index is 5.46. The molecule has 0 saturated heterocycles. The second kappa shape index (κ2) is 7.30. The van der Waals surface area contributed by atoms with Crippen LogP contribution in [0.3, 0.4) is 0 Å². The SMILES string of the molecule is CCOOC(c1ccc(OC)cc1)C(C)CC. The Morgan fingerprint density at radius 1 is 1.12 bits per heavy atom. The molecule has 0 aromatic heterocycles. The van der Waals surface area contributed by atoms with Gasteiger partial charge in [0.25, 0.3) is 0 Å². The van der Waals surface area contributed by atoms with Gasteiger partial charge in [-0.05, 0) is 30.5 Å². The summed E-state index contributed by atoms with van der Waals surface area (Å²) in [7, 11) is 1.66. The van der Waals surface area contributed by atoms with Crippen LogP contribution in [0.1, 0.15) is 38.9 Å². The van der Waals surface area contributed by atoms with Crippen molar-refractivity contribution in [1.82, 2.24) is 0 Å². The molecule has 1 aromatic carbocycles. The van der Waals surface area contributed by atoms with E-state index in [0.717, 1.165) is 17.7 Å². The molecule has 2 unspecified atom stereocenters. The lowest BCUT2D eigenvalue weighted by atomic mass is 9.95. The molecule has 0 saturated carbocycles. The molecule has 0 aliphatic rings. The van der Waals surface area contributed by atoms with Crippen LogP contribution in [0.2, 0.25) is 0 Å². The predicted molar refractivity (Wildman–Crippen MR) is 67.9 cm³/mol. The van der Waals surface area contributed by atoms with Crippen molar-refractivity contribution in [2.45, 2.75) is 33.3 Å². The average molecular weight is 238 g/mol. The summed E-state index contributed by atoms with van der Waals surface area (Å²) in [6, 6.07) is 7.93. The van der Waals surface area contributed by atoms with Crippen molar-refractivity contribution in [1.29, 1.82) is 0 Å². The Morgan fingerprint density at radius 2 is 1.76 bits per heavy atom. The summed E-state index contributed by atoms with van der Waals surface area (Å²) in [4.78, 5) is 10.6. The zero-order valence-electron chi connectivity index (χ0n) is 11.1. The number of methoxy groups -OCH3 is 1. The van der Waals surface area contributed by atoms with Gasteiger partial charge in [0.1, 0.15) is 11.9 Å². The smallest absolute Gasteiger partial charge is 0.120 e. The second-order valence-electron chi connectivity index (χ2n) is 4.08. The van der Waals surface area contributed by atoms with Gasteiger partial charge in [0.2, 0.25) is 0 Å². The molecule has 0 fully saturated rings. The van der Waals surface area contributed by atoms with Crippen LogP contribution in [0.15, 0.2) is 24.3 Å². The summed E-state index contributed by atoms with van der Waals surface area (Å²) in [6.45, 7) is 6.79. The van der Waals surface area contributed by atoms with Crippen LogP contribution in [0, 0.1) is 5.92 Å². The van der Waals surface area contributed by atoms with Crippen molar-refractivity contribution in [3.8, 4) is 5.75 Å². The highest BCUT2D eigenvalue weighted by Crippen LogP contribution is 2.29. The first-order chi connectivity index (χ1) is 8.22. The molecule has 0 bridgehead atoms. The number of hydrogen-bond acceptors (Lipinski definition) is 3. The minimum atomic E-state index is -0.0224. The normalized spacial score (nSPS) is 14.4. The lowest BCUT2D eigenvalue weighted by molar-refractivity contribution is -0.333. The van der Waals surface area contributed by atoms with Gasteiger partial charge in [-0.15, -0.1) is 0 Å². The zero-order valence-corrected chi connectivity index (χ0v) is 11.1. The Bertz CT molecular complexity index is 308. The van der Waals surface area contributed by atoms with Gasteiger partial charge in [-0.1, -0.05) is 32.4 Å². The highest BCUT2D eigenvalue weighted by atomic mass is 17.2. The first-order valence-corrected chi connectivity index (χ1v) is 6.15. The van der Waals surface area contributed by atoms with Crippen molar-refractivity contribution in [2.75, 3.05) is 13.7 Å². The van der Waals surface area contributed by atoms with E-state index in [2.05, 4.69) is 13.8 Å². The molecule has 0 aliphatic heterocycles. The van der Waals surface area contributed by atoms with Crippen LogP contribution in [0.25, 0.3) is 0 Å². The third-order valence-electron chi connectivity index (χ3n) is 2.89. The molecular weight excluding hydrogens is 216 g/mol. The van der Waals surface area contributed by atoms with E-state index in [-0.39, 0.29) is 6.10 Å². The van der Waals surface area contributed by atoms with Gasteiger partial charge in [-0.2, -0.15) is 0 Å². The van der Waals surface area contributed by atoms with Gasteiger partial charge in [0, 0.05) is 0 Å². The summed E-state index contributed by atoms with van der Waals surface area (Å²) < 4.78 is 5.14. The van der Waals surface area contributed by atoms with E-state index in [9.17, 15) is 0 Å². The van der Waals surface area contributed by atoms with Gasteiger partial charge in [-0.3, -0.25) is 0 Å². The van der Waals surface area contributed by atoms with Crippen LogP contribution >= 0.6 is 0 Å². The van der Waals surface area contributed by atoms with Crippen LogP contribution in [0.5, 0.6) is 5.75 Å². The lowest BCUT2D eigenvalue weighted by Crippen LogP contribution is -2.13. The second-order valence-corrected chi connectivity index (χ2v) is 4.08. The number of rotatable bonds is 7. The Balaban J connectivity index is 2.79. The first-order valence-electron chi connectivity index (χ1n) is 6.15. The van der Waals surface area contributed by atoms with Gasteiger partial charge in [0.05, 0.1) is 13.7 Å². The molecule has 0 aliphatic carbocycles. The molecule has 1 rings (SSSR count). The zero-order chi connectivity index (χ0) is 12.7. The van der Waals surface area contributed by atoms with Crippen LogP contribution in [-0.2, 0) is 9.78 Å². The van der Waals surface area contributed by atoms with Crippen molar-refractivity contribution < 1.29 is 14.5 Å². The van der Waals surface area contributed by atoms with E-state index in [1.54, 1.807) is 7.11 Å². The topological polar surface area (TPSA) is 27.7 Å². The summed E-state index contributed by atoms with van der Waals surface area (Å²) in [5.74, 6) is 1.27. The van der Waals surface area contributed by atoms with Gasteiger partial charge in [0.15, 0.2) is 0 Å². The Kier molecular flexibility index (Phi) is 6.01. The monoisotopic (exact) mass is 238 g/mol. The largest absolute Gasteiger partial charge is 0.497 e. The van der Waals surface area contributed by atoms with E-state index in [0.29, 0.717) is 12.5 Å². The molecule has 0 amide bonds. The number of benzene rings is 1. The highest BCUT2D eigenvalue weighted by Gasteiger charge is 2.19. The minimum absolute atomic E-state index is 0.0224. The molecular formula is C14H22O3. The lowest BCUT2D eigenvalue weighted by Gasteiger charge is -2.22. The molecule has 0 N–H and O–H groups in total. The van der Waals surface area contributed by atoms with Crippen molar-refractivity contribution in [3.05, 3.63) is 29.8 Å². The number of ether oxygens (including phenoxy) is 1. The molecule has 96 valence electrons. The maximum absolute atomic E-state index is 5.46. The van der Waals surface area contributed by atoms with E-state index in [1.807, 2.05) is 31.2 Å². The third-order valence-corrected chi connectivity index (χ3v) is 2.89. The third kappa shape index (κ3) is 4.02. The highest BCUT2D eigenvalue weighted by molar-refractivity contribution is 5.28. The molecule has 0 spiro atoms. The Morgan fingerprint density at radius 3 is 2.24 bits per heavy atom. The molecule has 3 nitrogen and oxygen atoms in total. The van der Waals surface area contributed by atoms with Gasteiger partial charge in [-0.25, -0.2) is 9.78 Å². The first kappa shape index (κ1) is 14.0. The van der Waals surface area contributed by atoms with E-state index in [4.69, 9.17) is 14.5 Å². The summed E-state index contributed by atoms with van der Waals surface area (Å²) in [5, 5.41) is 0. The Hall–Kier alpha value is -1.06. The van der Waals surface area contributed by atoms with E-state index >= 15 is 0 Å². The van der Waals surface area contributed by atoms with Crippen LogP contribution in [-0.4, -0.2) is 13.7 Å². The summed E-state index contributed by atoms with van der Waals surface area (Å²) >= 11 is 0. The molecule has 0 radical (unpaired) electrons. The van der Waals surface area contributed by atoms with Gasteiger partial charge < -0.3 is 4.74 Å². The predicted octanol–water partition coefficient (Wildman–Crippen LogP) is 3.75. The standard InChI is InChI=1S/C14H22O3/c1-5-11(3)14(17-16-6-2)12-7-9-13(15-4)10-8-12/h7-11,14H,5-6H2,1-4H3. The van der Waals surface area contributed by atoms with Gasteiger partial charge >= 0.3 is 0 Å². The fourth-order valence-corrected chi connectivity index (χ4v) is 1.63. The molecule has 3 heteroatoms. The molecule has 17 heavy (non-hydrogen) atoms. The molecule has 0 heterocycles. The van der Waals surface area contributed by atoms with E-state index in [1.165, 1.54) is 0 Å². The average Bonchev–Trinajstić information content (AvgIpc) is 2.39.